The zero-order chi connectivity index (χ0) is 19.6. The molecular weight excluding hydrogens is 368 g/mol. The molecule has 0 aliphatic carbocycles. The van der Waals surface area contributed by atoms with E-state index in [1.165, 1.54) is 25.5 Å². The lowest BCUT2D eigenvalue weighted by atomic mass is 10.1. The molecule has 1 amide bonds. The number of hydrogen-bond donors (Lipinski definition) is 2. The van der Waals surface area contributed by atoms with E-state index in [4.69, 9.17) is 0 Å². The second kappa shape index (κ2) is 7.41. The van der Waals surface area contributed by atoms with Gasteiger partial charge < -0.3 is 5.32 Å². The summed E-state index contributed by atoms with van der Waals surface area (Å²) in [6.07, 6.45) is 2.22. The highest BCUT2D eigenvalue weighted by Crippen LogP contribution is 2.17. The quantitative estimate of drug-likeness (QED) is 0.655. The number of aryl methyl sites for hydroxylation is 2. The van der Waals surface area contributed by atoms with Crippen LogP contribution in [0.5, 0.6) is 0 Å². The number of carbonyl (C=O) groups is 1. The summed E-state index contributed by atoms with van der Waals surface area (Å²) in [7, 11) is -2.15. The Kier molecular flexibility index (Phi) is 5.19. The van der Waals surface area contributed by atoms with E-state index >= 15 is 0 Å². The normalized spacial score (nSPS) is 11.7. The first kappa shape index (κ1) is 18.9. The van der Waals surface area contributed by atoms with Crippen molar-refractivity contribution in [2.45, 2.75) is 31.6 Å². The summed E-state index contributed by atoms with van der Waals surface area (Å²) in [4.78, 5) is 20.9. The number of carbonyl (C=O) groups excluding carboxylic acids is 1. The molecule has 0 fully saturated rings. The van der Waals surface area contributed by atoms with Gasteiger partial charge in [-0.1, -0.05) is 0 Å². The predicted molar refractivity (Wildman–Crippen MR) is 99.9 cm³/mol. The second-order valence-electron chi connectivity index (χ2n) is 6.01. The maximum atomic E-state index is 12.3. The number of sulfonamides is 1. The van der Waals surface area contributed by atoms with Gasteiger partial charge in [-0.3, -0.25) is 4.79 Å². The second-order valence-corrected chi connectivity index (χ2v) is 7.90. The number of hydrogen-bond acceptors (Lipinski definition) is 6. The molecular formula is C17H20N6O3S. The SMILES string of the molecule is CNS(=O)(=O)c1ccc(NC(=O)CCc2c(C)nc3ncnn3c2C)cc1. The topological polar surface area (TPSA) is 118 Å². The lowest BCUT2D eigenvalue weighted by Gasteiger charge is -2.11. The van der Waals surface area contributed by atoms with Crippen molar-refractivity contribution in [3.05, 3.63) is 47.5 Å². The van der Waals surface area contributed by atoms with Crippen LogP contribution in [0.2, 0.25) is 0 Å². The molecule has 0 unspecified atom stereocenters. The Morgan fingerprint density at radius 1 is 1.19 bits per heavy atom. The summed E-state index contributed by atoms with van der Waals surface area (Å²) in [6.45, 7) is 3.81. The van der Waals surface area contributed by atoms with Crippen molar-refractivity contribution in [1.82, 2.24) is 24.3 Å². The van der Waals surface area contributed by atoms with Crippen LogP contribution in [0.1, 0.15) is 23.4 Å². The minimum Gasteiger partial charge on any atom is -0.326 e. The van der Waals surface area contributed by atoms with E-state index in [9.17, 15) is 13.2 Å². The van der Waals surface area contributed by atoms with E-state index in [-0.39, 0.29) is 17.2 Å². The largest absolute Gasteiger partial charge is 0.326 e. The Bertz CT molecular complexity index is 1090. The van der Waals surface area contributed by atoms with Crippen LogP contribution in [0.25, 0.3) is 5.78 Å². The van der Waals surface area contributed by atoms with Crippen molar-refractivity contribution in [1.29, 1.82) is 0 Å². The van der Waals surface area contributed by atoms with Gasteiger partial charge in [0.1, 0.15) is 6.33 Å². The van der Waals surface area contributed by atoms with Crippen molar-refractivity contribution in [2.75, 3.05) is 12.4 Å². The zero-order valence-electron chi connectivity index (χ0n) is 15.2. The van der Waals surface area contributed by atoms with Crippen molar-refractivity contribution < 1.29 is 13.2 Å². The van der Waals surface area contributed by atoms with Crippen molar-refractivity contribution in [2.24, 2.45) is 0 Å². The van der Waals surface area contributed by atoms with Gasteiger partial charge in [-0.05, 0) is 57.1 Å². The van der Waals surface area contributed by atoms with E-state index in [0.717, 1.165) is 17.0 Å². The Morgan fingerprint density at radius 2 is 1.89 bits per heavy atom. The molecule has 27 heavy (non-hydrogen) atoms. The highest BCUT2D eigenvalue weighted by atomic mass is 32.2. The van der Waals surface area contributed by atoms with Crippen LogP contribution in [0.3, 0.4) is 0 Å². The van der Waals surface area contributed by atoms with E-state index in [0.29, 0.717) is 17.9 Å². The fourth-order valence-corrected chi connectivity index (χ4v) is 3.54. The number of nitrogens with one attached hydrogen (secondary N) is 2. The first-order chi connectivity index (χ1) is 12.8. The maximum absolute atomic E-state index is 12.3. The van der Waals surface area contributed by atoms with E-state index in [1.807, 2.05) is 13.8 Å². The van der Waals surface area contributed by atoms with Crippen LogP contribution in [0.4, 0.5) is 5.69 Å². The Balaban J connectivity index is 1.67. The number of fused-ring (bicyclic) bond motifs is 1. The van der Waals surface area contributed by atoms with Crippen LogP contribution < -0.4 is 10.0 Å². The van der Waals surface area contributed by atoms with Crippen LogP contribution in [0.15, 0.2) is 35.5 Å². The number of nitrogens with zero attached hydrogens (tertiary/aromatic N) is 4. The lowest BCUT2D eigenvalue weighted by Crippen LogP contribution is -2.18. The van der Waals surface area contributed by atoms with Crippen molar-refractivity contribution >= 4 is 27.4 Å². The summed E-state index contributed by atoms with van der Waals surface area (Å²) < 4.78 is 27.3. The molecule has 9 nitrogen and oxygen atoms in total. The van der Waals surface area contributed by atoms with E-state index in [1.54, 1.807) is 16.6 Å². The number of anilines is 1. The van der Waals surface area contributed by atoms with Gasteiger partial charge in [-0.25, -0.2) is 22.6 Å². The third kappa shape index (κ3) is 3.96. The minimum absolute atomic E-state index is 0.140. The molecule has 0 atom stereocenters. The minimum atomic E-state index is -3.50. The average molecular weight is 388 g/mol. The Morgan fingerprint density at radius 3 is 2.56 bits per heavy atom. The molecule has 0 saturated carbocycles. The molecule has 0 aliphatic rings. The highest BCUT2D eigenvalue weighted by molar-refractivity contribution is 7.89. The summed E-state index contributed by atoms with van der Waals surface area (Å²) >= 11 is 0. The van der Waals surface area contributed by atoms with Crippen LogP contribution in [-0.2, 0) is 21.2 Å². The number of amides is 1. The number of rotatable bonds is 6. The summed E-state index contributed by atoms with van der Waals surface area (Å²) in [5.74, 6) is 0.367. The molecule has 0 bridgehead atoms. The third-order valence-corrected chi connectivity index (χ3v) is 5.74. The van der Waals surface area contributed by atoms with Crippen LogP contribution in [-0.4, -0.2) is 41.0 Å². The monoisotopic (exact) mass is 388 g/mol. The molecule has 0 spiro atoms. The molecule has 3 aromatic rings. The molecule has 2 N–H and O–H groups in total. The predicted octanol–water partition coefficient (Wildman–Crippen LogP) is 1.22. The third-order valence-electron chi connectivity index (χ3n) is 4.31. The molecule has 1 aromatic carbocycles. The molecule has 3 rings (SSSR count). The molecule has 2 heterocycles. The van der Waals surface area contributed by atoms with Gasteiger partial charge >= 0.3 is 0 Å². The van der Waals surface area contributed by atoms with Gasteiger partial charge in [0.05, 0.1) is 4.90 Å². The lowest BCUT2D eigenvalue weighted by molar-refractivity contribution is -0.116. The summed E-state index contributed by atoms with van der Waals surface area (Å²) in [5, 5.41) is 6.91. The molecule has 142 valence electrons. The molecule has 10 heteroatoms. The number of benzene rings is 1. The summed E-state index contributed by atoms with van der Waals surface area (Å²) in [6, 6.07) is 6.00. The Hall–Kier alpha value is -2.85. The van der Waals surface area contributed by atoms with Crippen molar-refractivity contribution in [3.63, 3.8) is 0 Å². The summed E-state index contributed by atoms with van der Waals surface area (Å²) in [5.41, 5.74) is 3.22. The highest BCUT2D eigenvalue weighted by Gasteiger charge is 2.14. The van der Waals surface area contributed by atoms with Gasteiger partial charge in [0.15, 0.2) is 0 Å². The Labute approximate surface area is 156 Å². The number of aromatic nitrogens is 4. The van der Waals surface area contributed by atoms with E-state index in [2.05, 4.69) is 25.1 Å². The van der Waals surface area contributed by atoms with E-state index < -0.39 is 10.0 Å². The van der Waals surface area contributed by atoms with Crippen LogP contribution >= 0.6 is 0 Å². The van der Waals surface area contributed by atoms with Gasteiger partial charge in [0, 0.05) is 23.5 Å². The standard InChI is InChI=1S/C17H20N6O3S/c1-11-15(12(2)23-17(21-11)19-10-20-23)8-9-16(24)22-13-4-6-14(7-5-13)27(25,26)18-3/h4-7,10,18H,8-9H2,1-3H3,(H,22,24). The van der Waals surface area contributed by atoms with Gasteiger partial charge in [-0.2, -0.15) is 10.1 Å². The van der Waals surface area contributed by atoms with Gasteiger partial charge in [0.25, 0.3) is 5.78 Å². The van der Waals surface area contributed by atoms with Gasteiger partial charge in [0.2, 0.25) is 15.9 Å². The molecule has 0 aliphatic heterocycles. The first-order valence-electron chi connectivity index (χ1n) is 8.31. The van der Waals surface area contributed by atoms with Crippen molar-refractivity contribution in [3.8, 4) is 0 Å². The smallest absolute Gasteiger partial charge is 0.252 e. The van der Waals surface area contributed by atoms with Crippen LogP contribution in [0, 0.1) is 13.8 Å². The zero-order valence-corrected chi connectivity index (χ0v) is 16.0. The fraction of sp³-hybridized carbons (Fsp3) is 0.294. The molecule has 0 radical (unpaired) electrons. The first-order valence-corrected chi connectivity index (χ1v) is 9.79. The molecule has 0 saturated heterocycles. The molecule has 2 aromatic heterocycles. The average Bonchev–Trinajstić information content (AvgIpc) is 3.10. The maximum Gasteiger partial charge on any atom is 0.252 e. The van der Waals surface area contributed by atoms with Gasteiger partial charge in [-0.15, -0.1) is 0 Å². The fourth-order valence-electron chi connectivity index (χ4n) is 2.81.